The van der Waals surface area contributed by atoms with Crippen molar-refractivity contribution in [3.63, 3.8) is 0 Å². The van der Waals surface area contributed by atoms with Gasteiger partial charge in [0.1, 0.15) is 12.5 Å². The normalized spacial score (nSPS) is 14.6. The summed E-state index contributed by atoms with van der Waals surface area (Å²) in [5.74, 6) is 1.07. The zero-order valence-electron chi connectivity index (χ0n) is 17.9. The maximum atomic E-state index is 5.91. The Morgan fingerprint density at radius 1 is 1.00 bits per heavy atom. The molecule has 0 atom stereocenters. The highest BCUT2D eigenvalue weighted by Gasteiger charge is 2.16. The zero-order chi connectivity index (χ0) is 19.9. The number of aryl methyl sites for hydroxylation is 1. The van der Waals surface area contributed by atoms with Gasteiger partial charge in [-0.05, 0) is 50.2 Å². The third-order valence-electron chi connectivity index (χ3n) is 5.27. The van der Waals surface area contributed by atoms with Crippen LogP contribution in [-0.4, -0.2) is 24.7 Å². The Bertz CT molecular complexity index is 594. The van der Waals surface area contributed by atoms with E-state index in [2.05, 4.69) is 54.3 Å². The third-order valence-corrected chi connectivity index (χ3v) is 5.27. The van der Waals surface area contributed by atoms with E-state index in [-0.39, 0.29) is 0 Å². The molecule has 156 valence electrons. The van der Waals surface area contributed by atoms with Crippen molar-refractivity contribution in [3.05, 3.63) is 53.6 Å². The van der Waals surface area contributed by atoms with E-state index in [1.807, 2.05) is 0 Å². The van der Waals surface area contributed by atoms with Gasteiger partial charge >= 0.3 is 0 Å². The molecule has 0 saturated carbocycles. The summed E-state index contributed by atoms with van der Waals surface area (Å²) in [5.41, 5.74) is 8.34. The number of ether oxygens (including phenoxy) is 1. The molecule has 0 fully saturated rings. The molecule has 28 heavy (non-hydrogen) atoms. The molecule has 3 heteroatoms. The Morgan fingerprint density at radius 3 is 2.61 bits per heavy atom. The minimum absolute atomic E-state index is 0.664. The predicted octanol–water partition coefficient (Wildman–Crippen LogP) is 5.98. The Labute approximate surface area is 172 Å². The molecule has 1 aromatic rings. The second-order valence-electron chi connectivity index (χ2n) is 7.83. The van der Waals surface area contributed by atoms with E-state index >= 15 is 0 Å². The number of rotatable bonds is 14. The quantitative estimate of drug-likeness (QED) is 0.316. The first-order valence-corrected chi connectivity index (χ1v) is 11.3. The summed E-state index contributed by atoms with van der Waals surface area (Å²) < 4.78 is 5.91. The van der Waals surface area contributed by atoms with Crippen LogP contribution in [0.4, 0.5) is 0 Å². The maximum absolute atomic E-state index is 5.91. The summed E-state index contributed by atoms with van der Waals surface area (Å²) in [5, 5.41) is 0. The van der Waals surface area contributed by atoms with Crippen molar-refractivity contribution in [2.24, 2.45) is 5.73 Å². The summed E-state index contributed by atoms with van der Waals surface area (Å²) in [4.78, 5) is 2.25. The van der Waals surface area contributed by atoms with Crippen molar-refractivity contribution in [1.82, 2.24) is 4.90 Å². The molecular formula is C25H40N2O. The van der Waals surface area contributed by atoms with E-state index in [1.54, 1.807) is 0 Å². The van der Waals surface area contributed by atoms with Crippen LogP contribution in [0.5, 0.6) is 5.75 Å². The van der Waals surface area contributed by atoms with Crippen LogP contribution in [0.2, 0.25) is 0 Å². The zero-order valence-corrected chi connectivity index (χ0v) is 17.9. The van der Waals surface area contributed by atoms with Gasteiger partial charge < -0.3 is 10.5 Å². The fourth-order valence-electron chi connectivity index (χ4n) is 3.59. The number of unbranched alkanes of at least 4 members (excludes halogenated alkanes) is 6. The van der Waals surface area contributed by atoms with Crippen molar-refractivity contribution < 1.29 is 4.74 Å². The lowest BCUT2D eigenvalue weighted by atomic mass is 10.0. The molecule has 0 saturated heterocycles. The first kappa shape index (κ1) is 22.7. The van der Waals surface area contributed by atoms with E-state index in [0.29, 0.717) is 13.3 Å². The predicted molar refractivity (Wildman–Crippen MR) is 121 cm³/mol. The summed E-state index contributed by atoms with van der Waals surface area (Å²) >= 11 is 0. The molecule has 1 aliphatic heterocycles. The molecule has 0 bridgehead atoms. The van der Waals surface area contributed by atoms with Gasteiger partial charge in [0.25, 0.3) is 0 Å². The molecule has 1 aromatic carbocycles. The van der Waals surface area contributed by atoms with Gasteiger partial charge in [0, 0.05) is 25.2 Å². The first-order chi connectivity index (χ1) is 13.8. The van der Waals surface area contributed by atoms with Crippen LogP contribution in [0.25, 0.3) is 0 Å². The lowest BCUT2D eigenvalue weighted by Crippen LogP contribution is -2.35. The highest BCUT2D eigenvalue weighted by Crippen LogP contribution is 2.26. The Hall–Kier alpha value is -1.58. The van der Waals surface area contributed by atoms with Crippen molar-refractivity contribution in [2.45, 2.75) is 77.7 Å². The van der Waals surface area contributed by atoms with Gasteiger partial charge in [-0.15, -0.1) is 0 Å². The van der Waals surface area contributed by atoms with E-state index in [9.17, 15) is 0 Å². The second-order valence-corrected chi connectivity index (χ2v) is 7.83. The molecule has 0 amide bonds. The Kier molecular flexibility index (Phi) is 11.7. The van der Waals surface area contributed by atoms with Gasteiger partial charge in [0.15, 0.2) is 0 Å². The smallest absolute Gasteiger partial charge is 0.142 e. The summed E-state index contributed by atoms with van der Waals surface area (Å²) in [7, 11) is 0. The summed E-state index contributed by atoms with van der Waals surface area (Å²) in [6.07, 6.45) is 21.8. The molecule has 1 heterocycles. The van der Waals surface area contributed by atoms with Crippen LogP contribution in [0.3, 0.4) is 0 Å². The molecule has 0 aliphatic carbocycles. The molecule has 0 spiro atoms. The number of hydrogen-bond acceptors (Lipinski definition) is 3. The largest absolute Gasteiger partial charge is 0.478 e. The third kappa shape index (κ3) is 9.07. The van der Waals surface area contributed by atoms with Gasteiger partial charge in [-0.3, -0.25) is 4.90 Å². The van der Waals surface area contributed by atoms with Gasteiger partial charge in [0.2, 0.25) is 0 Å². The highest BCUT2D eigenvalue weighted by molar-refractivity contribution is 5.38. The molecule has 0 radical (unpaired) electrons. The monoisotopic (exact) mass is 384 g/mol. The van der Waals surface area contributed by atoms with Crippen LogP contribution >= 0.6 is 0 Å². The van der Waals surface area contributed by atoms with Crippen LogP contribution < -0.4 is 10.5 Å². The minimum Gasteiger partial charge on any atom is -0.478 e. The fraction of sp³-hybridized carbons (Fsp3) is 0.600. The highest BCUT2D eigenvalue weighted by atomic mass is 16.5. The van der Waals surface area contributed by atoms with Crippen LogP contribution in [0.15, 0.2) is 42.5 Å². The van der Waals surface area contributed by atoms with Gasteiger partial charge in [-0.1, -0.05) is 69.0 Å². The standard InChI is InChI=1S/C25H40N2O/c1-2-3-4-5-6-7-8-9-10-11-12-13-14-15-23-16-17-24-21-27(19-18-26)22-28-25(24)20-23/h4-5,7-8,16-17,20H,2-3,6,9-15,18-19,21-22,26H2,1H3/b5-4+,8-7+. The average Bonchev–Trinajstić information content (AvgIpc) is 2.71. The fourth-order valence-corrected chi connectivity index (χ4v) is 3.59. The summed E-state index contributed by atoms with van der Waals surface area (Å²) in [6.45, 7) is 5.42. The van der Waals surface area contributed by atoms with E-state index in [0.717, 1.165) is 31.7 Å². The first-order valence-electron chi connectivity index (χ1n) is 11.3. The number of benzene rings is 1. The molecular weight excluding hydrogens is 344 g/mol. The lowest BCUT2D eigenvalue weighted by molar-refractivity contribution is 0.0983. The Balaban J connectivity index is 1.52. The van der Waals surface area contributed by atoms with E-state index in [1.165, 1.54) is 62.5 Å². The minimum atomic E-state index is 0.664. The number of allylic oxidation sites excluding steroid dienone is 4. The number of fused-ring (bicyclic) bond motifs is 1. The molecule has 3 nitrogen and oxygen atoms in total. The van der Waals surface area contributed by atoms with Gasteiger partial charge in [-0.25, -0.2) is 0 Å². The van der Waals surface area contributed by atoms with E-state index in [4.69, 9.17) is 10.5 Å². The Morgan fingerprint density at radius 2 is 1.79 bits per heavy atom. The van der Waals surface area contributed by atoms with Crippen LogP contribution in [0.1, 0.15) is 75.8 Å². The summed E-state index contributed by atoms with van der Waals surface area (Å²) in [6, 6.07) is 6.75. The van der Waals surface area contributed by atoms with Crippen molar-refractivity contribution in [1.29, 1.82) is 0 Å². The lowest BCUT2D eigenvalue weighted by Gasteiger charge is -2.28. The van der Waals surface area contributed by atoms with Gasteiger partial charge in [-0.2, -0.15) is 0 Å². The van der Waals surface area contributed by atoms with Crippen molar-refractivity contribution in [3.8, 4) is 5.75 Å². The molecule has 1 aliphatic rings. The van der Waals surface area contributed by atoms with Crippen LogP contribution in [0, 0.1) is 0 Å². The average molecular weight is 385 g/mol. The maximum Gasteiger partial charge on any atom is 0.142 e. The number of nitrogens with two attached hydrogens (primary N) is 1. The van der Waals surface area contributed by atoms with E-state index < -0.39 is 0 Å². The van der Waals surface area contributed by atoms with Gasteiger partial charge in [0.05, 0.1) is 0 Å². The number of hydrogen-bond donors (Lipinski definition) is 1. The van der Waals surface area contributed by atoms with Crippen LogP contribution in [-0.2, 0) is 13.0 Å². The molecule has 0 aromatic heterocycles. The second kappa shape index (κ2) is 14.4. The molecule has 2 rings (SSSR count). The topological polar surface area (TPSA) is 38.5 Å². The number of nitrogens with zero attached hydrogens (tertiary/aromatic N) is 1. The molecule has 0 unspecified atom stereocenters. The van der Waals surface area contributed by atoms with Crippen molar-refractivity contribution in [2.75, 3.05) is 19.8 Å². The van der Waals surface area contributed by atoms with Crippen molar-refractivity contribution >= 4 is 0 Å². The SMILES string of the molecule is CCC/C=C/C/C=C/CCCCCCCc1ccc2c(c1)OCN(CCN)C2. The molecule has 2 N–H and O–H groups in total.